The van der Waals surface area contributed by atoms with Crippen LogP contribution < -0.4 is 19.7 Å². The van der Waals surface area contributed by atoms with Gasteiger partial charge in [-0.2, -0.15) is 7.05 Å². The number of hydrogen-bond acceptors (Lipinski definition) is 7. The van der Waals surface area contributed by atoms with E-state index in [0.717, 1.165) is 27.5 Å². The van der Waals surface area contributed by atoms with Gasteiger partial charge in [-0.05, 0) is 66.1 Å². The van der Waals surface area contributed by atoms with Crippen molar-refractivity contribution in [1.82, 2.24) is 4.57 Å². The Kier molecular flexibility index (Phi) is 9.44. The van der Waals surface area contributed by atoms with E-state index in [9.17, 15) is 14.7 Å². The number of carbonyl (C=O) groups is 1. The maximum absolute atomic E-state index is 13.3. The zero-order valence-corrected chi connectivity index (χ0v) is 31.9. The number of aromatic nitrogens is 1. The largest absolute Gasteiger partial charge is 2.00 e. The Morgan fingerprint density at radius 1 is 1.04 bits per heavy atom. The van der Waals surface area contributed by atoms with E-state index < -0.39 is 12.5 Å². The van der Waals surface area contributed by atoms with Gasteiger partial charge in [0.15, 0.2) is 0 Å². The summed E-state index contributed by atoms with van der Waals surface area (Å²) < 4.78 is 4.71. The fourth-order valence-electron chi connectivity index (χ4n) is 7.54. The van der Waals surface area contributed by atoms with Gasteiger partial charge in [-0.25, -0.2) is 0 Å². The second-order valence-electron chi connectivity index (χ2n) is 12.4. The number of fused-ring (bicyclic) bond motifs is 6. The fourth-order valence-corrected chi connectivity index (χ4v) is 10.9. The first-order chi connectivity index (χ1) is 21.7. The van der Waals surface area contributed by atoms with Crippen LogP contribution >= 0.6 is 33.5 Å². The summed E-state index contributed by atoms with van der Waals surface area (Å²) in [5.41, 5.74) is 4.72. The standard InChI is InChI=1S/C35H34N3O3S4.W/c1-34-14-6-7-15-35(34,2)38(26-9-5-4-8-25(26)34)22-11-13-24-23-12-10-21(16-27(23)43-28(24)18-22)17-29-32(41)37(20-31(39)40)33(44-29)30(45-42)19-36-3;/h4-5,8-13,16-18,42H,6-7,14-15,19-20H2,1-3H3,(H,39,40);/q-1;+2/p-1/b29-17-,33-30+;. The molecule has 5 aromatic rings. The fraction of sp³-hybridized carbons (Fsp3) is 0.314. The Balaban J connectivity index is 0.00000372. The molecule has 0 spiro atoms. The summed E-state index contributed by atoms with van der Waals surface area (Å²) in [6, 6.07) is 22.1. The van der Waals surface area contributed by atoms with Crippen LogP contribution in [0.25, 0.3) is 36.5 Å². The summed E-state index contributed by atoms with van der Waals surface area (Å²) in [5, 5.41) is 16.0. The van der Waals surface area contributed by atoms with Crippen LogP contribution in [0.5, 0.6) is 0 Å². The van der Waals surface area contributed by atoms with E-state index in [0.29, 0.717) is 20.6 Å². The molecule has 2 atom stereocenters. The number of aliphatic carboxylic acids is 1. The van der Waals surface area contributed by atoms with E-state index in [1.54, 1.807) is 18.4 Å². The van der Waals surface area contributed by atoms with Crippen LogP contribution in [-0.2, 0) is 49.5 Å². The predicted molar refractivity (Wildman–Crippen MR) is 194 cm³/mol. The summed E-state index contributed by atoms with van der Waals surface area (Å²) >= 11 is 8.25. The van der Waals surface area contributed by atoms with Crippen LogP contribution in [0.2, 0.25) is 0 Å². The van der Waals surface area contributed by atoms with E-state index in [4.69, 9.17) is 11.7 Å². The Hall–Kier alpha value is -2.33. The van der Waals surface area contributed by atoms with Gasteiger partial charge >= 0.3 is 27.0 Å². The molecule has 3 aromatic carbocycles. The minimum atomic E-state index is -1.07. The summed E-state index contributed by atoms with van der Waals surface area (Å²) in [6.45, 7) is 4.83. The number of nitrogens with zero attached hydrogens (tertiary/aromatic N) is 3. The number of hydrogen-bond donors (Lipinski definition) is 1. The van der Waals surface area contributed by atoms with Crippen LogP contribution in [0.15, 0.2) is 65.5 Å². The third-order valence-electron chi connectivity index (χ3n) is 9.89. The molecule has 2 aliphatic rings. The number of rotatable bonds is 7. The molecule has 1 aliphatic heterocycles. The molecule has 0 radical (unpaired) electrons. The van der Waals surface area contributed by atoms with Gasteiger partial charge in [0.2, 0.25) is 0 Å². The van der Waals surface area contributed by atoms with Gasteiger partial charge in [0.05, 0.1) is 10.1 Å². The Morgan fingerprint density at radius 3 is 2.50 bits per heavy atom. The molecule has 0 saturated heterocycles. The summed E-state index contributed by atoms with van der Waals surface area (Å²) in [6.07, 6.45) is 6.73. The van der Waals surface area contributed by atoms with Crippen molar-refractivity contribution in [3.8, 4) is 0 Å². The van der Waals surface area contributed by atoms with Crippen molar-refractivity contribution in [2.75, 3.05) is 18.5 Å². The monoisotopic (exact) mass is 855 g/mol. The predicted octanol–water partition coefficient (Wildman–Crippen LogP) is 7.24. The molecule has 11 heteroatoms. The molecule has 6 nitrogen and oxygen atoms in total. The SMILES string of the molecule is C[N-]C/C(S[S-])=c1\s/c(=C\c2ccc3c(c2)sc2cc(N4c5ccccc5C5(C)CCCCC45C)ccc23)c(=O)n1CC(=O)O.[W+2]. The molecule has 2 aromatic heterocycles. The van der Waals surface area contributed by atoms with Crippen LogP contribution in [0, 0.1) is 0 Å². The van der Waals surface area contributed by atoms with Crippen molar-refractivity contribution >= 4 is 93.6 Å². The van der Waals surface area contributed by atoms with Crippen molar-refractivity contribution in [3.05, 3.63) is 96.7 Å². The van der Waals surface area contributed by atoms with E-state index in [2.05, 4.69) is 78.7 Å². The first kappa shape index (κ1) is 33.6. The van der Waals surface area contributed by atoms with Crippen molar-refractivity contribution < 1.29 is 31.0 Å². The Labute approximate surface area is 299 Å². The van der Waals surface area contributed by atoms with Gasteiger partial charge in [-0.15, -0.1) is 29.2 Å². The minimum Gasteiger partial charge on any atom is -0.714 e. The van der Waals surface area contributed by atoms with Gasteiger partial charge in [-0.1, -0.05) is 56.2 Å². The number of thiophene rings is 1. The molecule has 0 bridgehead atoms. The third kappa shape index (κ3) is 5.33. The topological polar surface area (TPSA) is 76.6 Å². The molecular weight excluding hydrogens is 823 g/mol. The zero-order chi connectivity index (χ0) is 31.5. The molecule has 46 heavy (non-hydrogen) atoms. The summed E-state index contributed by atoms with van der Waals surface area (Å²) in [7, 11) is 2.75. The van der Waals surface area contributed by atoms with Crippen LogP contribution in [0.1, 0.15) is 50.7 Å². The first-order valence-electron chi connectivity index (χ1n) is 15.1. The molecule has 0 amide bonds. The number of carboxylic acids is 1. The number of anilines is 2. The van der Waals surface area contributed by atoms with Crippen molar-refractivity contribution in [2.24, 2.45) is 0 Å². The first-order valence-corrected chi connectivity index (χ1v) is 18.4. The maximum atomic E-state index is 13.3. The molecule has 1 saturated carbocycles. The molecular formula is C35H33N3O3S4W. The van der Waals surface area contributed by atoms with Gasteiger partial charge in [0.1, 0.15) is 11.2 Å². The number of para-hydroxylation sites is 1. The van der Waals surface area contributed by atoms with Gasteiger partial charge in [0, 0.05) is 37.0 Å². The van der Waals surface area contributed by atoms with Gasteiger partial charge in [-0.3, -0.25) is 25.0 Å². The van der Waals surface area contributed by atoms with Crippen molar-refractivity contribution in [3.63, 3.8) is 0 Å². The Bertz CT molecular complexity index is 2170. The van der Waals surface area contributed by atoms with Crippen molar-refractivity contribution in [2.45, 2.75) is 57.0 Å². The van der Waals surface area contributed by atoms with E-state index in [1.165, 1.54) is 67.6 Å². The third-order valence-corrected chi connectivity index (χ3v) is 13.4. The molecule has 1 aliphatic carbocycles. The molecule has 1 N–H and O–H groups in total. The van der Waals surface area contributed by atoms with E-state index >= 15 is 0 Å². The Morgan fingerprint density at radius 2 is 1.76 bits per heavy atom. The van der Waals surface area contributed by atoms with Crippen LogP contribution in [0.4, 0.5) is 11.4 Å². The average molecular weight is 856 g/mol. The summed E-state index contributed by atoms with van der Waals surface area (Å²) in [5.74, 6) is -1.07. The maximum Gasteiger partial charge on any atom is 2.00 e. The van der Waals surface area contributed by atoms with Crippen LogP contribution in [0.3, 0.4) is 0 Å². The average Bonchev–Trinajstić information content (AvgIpc) is 3.60. The second-order valence-corrected chi connectivity index (χ2v) is 15.7. The van der Waals surface area contributed by atoms with E-state index in [1.807, 2.05) is 12.1 Å². The molecule has 236 valence electrons. The summed E-state index contributed by atoms with van der Waals surface area (Å²) in [4.78, 5) is 28.2. The smallest absolute Gasteiger partial charge is 0.714 e. The number of thiazole rings is 1. The number of benzene rings is 3. The molecule has 7 rings (SSSR count). The van der Waals surface area contributed by atoms with Crippen molar-refractivity contribution in [1.29, 1.82) is 0 Å². The molecule has 1 fully saturated rings. The molecule has 2 unspecified atom stereocenters. The quantitative estimate of drug-likeness (QED) is 0.138. The normalized spacial score (nSPS) is 21.7. The molecule has 3 heterocycles. The van der Waals surface area contributed by atoms with Gasteiger partial charge in [0.25, 0.3) is 5.56 Å². The zero-order valence-electron chi connectivity index (χ0n) is 25.7. The second kappa shape index (κ2) is 12.9. The van der Waals surface area contributed by atoms with Gasteiger partial charge < -0.3 is 27.0 Å². The number of carboxylic acid groups (broad SMARTS) is 1. The minimum absolute atomic E-state index is 0. The van der Waals surface area contributed by atoms with E-state index in [-0.39, 0.29) is 37.6 Å². The van der Waals surface area contributed by atoms with Crippen LogP contribution in [-0.4, -0.2) is 34.8 Å².